The molecule has 5 heteroatoms. The summed E-state index contributed by atoms with van der Waals surface area (Å²) in [5.41, 5.74) is 2.93. The maximum absolute atomic E-state index is 12.8. The standard InChI is InChI=1S/C23H26N2O2S/c1-24(20-9-5-6-10-20)22(27)18-11-13-19(14-12-18)23-25(21(26)16-28-23)15-17-7-3-2-4-8-17/h2-4,7-8,11-14,20,23H,5-6,9-10,15-16H2,1H3. The molecular weight excluding hydrogens is 368 g/mol. The first-order valence-corrected chi connectivity index (χ1v) is 11.0. The molecule has 0 aromatic heterocycles. The Bertz CT molecular complexity index is 831. The molecule has 1 heterocycles. The van der Waals surface area contributed by atoms with E-state index in [4.69, 9.17) is 0 Å². The predicted octanol–water partition coefficient (Wildman–Crippen LogP) is 4.48. The van der Waals surface area contributed by atoms with Crippen molar-refractivity contribution >= 4 is 23.6 Å². The average molecular weight is 395 g/mol. The van der Waals surface area contributed by atoms with Crippen LogP contribution in [0.15, 0.2) is 54.6 Å². The smallest absolute Gasteiger partial charge is 0.253 e. The van der Waals surface area contributed by atoms with Crippen molar-refractivity contribution in [3.8, 4) is 0 Å². The molecule has 1 aliphatic heterocycles. The van der Waals surface area contributed by atoms with Gasteiger partial charge in [0.25, 0.3) is 5.91 Å². The van der Waals surface area contributed by atoms with Gasteiger partial charge < -0.3 is 9.80 Å². The minimum absolute atomic E-state index is 0.00409. The zero-order valence-corrected chi connectivity index (χ0v) is 17.0. The van der Waals surface area contributed by atoms with Crippen molar-refractivity contribution in [1.82, 2.24) is 9.80 Å². The van der Waals surface area contributed by atoms with Crippen molar-refractivity contribution < 1.29 is 9.59 Å². The number of amides is 2. The van der Waals surface area contributed by atoms with Crippen LogP contribution in [0.4, 0.5) is 0 Å². The highest BCUT2D eigenvalue weighted by molar-refractivity contribution is 8.00. The molecule has 0 spiro atoms. The second kappa shape index (κ2) is 8.39. The summed E-state index contributed by atoms with van der Waals surface area (Å²) in [6.07, 6.45) is 4.64. The van der Waals surface area contributed by atoms with Crippen LogP contribution in [0, 0.1) is 0 Å². The second-order valence-electron chi connectivity index (χ2n) is 7.65. The average Bonchev–Trinajstić information content (AvgIpc) is 3.39. The van der Waals surface area contributed by atoms with Crippen LogP contribution in [-0.4, -0.2) is 40.5 Å². The van der Waals surface area contributed by atoms with Crippen LogP contribution in [0.3, 0.4) is 0 Å². The third-order valence-electron chi connectivity index (χ3n) is 5.80. The SMILES string of the molecule is CN(C(=O)c1ccc(C2SCC(=O)N2Cc2ccccc2)cc1)C1CCCC1. The zero-order chi connectivity index (χ0) is 19.5. The van der Waals surface area contributed by atoms with E-state index in [1.54, 1.807) is 11.8 Å². The quantitative estimate of drug-likeness (QED) is 0.751. The summed E-state index contributed by atoms with van der Waals surface area (Å²) >= 11 is 1.65. The molecule has 2 aromatic carbocycles. The van der Waals surface area contributed by atoms with Gasteiger partial charge in [0, 0.05) is 25.2 Å². The Morgan fingerprint density at radius 3 is 2.43 bits per heavy atom. The van der Waals surface area contributed by atoms with Crippen molar-refractivity contribution in [3.63, 3.8) is 0 Å². The summed E-state index contributed by atoms with van der Waals surface area (Å²) in [4.78, 5) is 29.0. The molecule has 0 radical (unpaired) electrons. The van der Waals surface area contributed by atoms with E-state index in [0.29, 0.717) is 18.3 Å². The van der Waals surface area contributed by atoms with Crippen LogP contribution < -0.4 is 0 Å². The second-order valence-corrected chi connectivity index (χ2v) is 8.72. The van der Waals surface area contributed by atoms with Crippen molar-refractivity contribution in [2.75, 3.05) is 12.8 Å². The summed E-state index contributed by atoms with van der Waals surface area (Å²) < 4.78 is 0. The fraction of sp³-hybridized carbons (Fsp3) is 0.391. The summed E-state index contributed by atoms with van der Waals surface area (Å²) in [7, 11) is 1.92. The van der Waals surface area contributed by atoms with Crippen molar-refractivity contribution in [3.05, 3.63) is 71.3 Å². The lowest BCUT2D eigenvalue weighted by Crippen LogP contribution is -2.35. The first-order chi connectivity index (χ1) is 13.6. The normalized spacial score (nSPS) is 20.0. The molecule has 146 valence electrons. The minimum atomic E-state index is 0.00409. The molecule has 28 heavy (non-hydrogen) atoms. The van der Waals surface area contributed by atoms with Crippen LogP contribution in [0.1, 0.15) is 52.5 Å². The lowest BCUT2D eigenvalue weighted by molar-refractivity contribution is -0.128. The topological polar surface area (TPSA) is 40.6 Å². The van der Waals surface area contributed by atoms with Crippen LogP contribution in [0.25, 0.3) is 0 Å². The Morgan fingerprint density at radius 2 is 1.75 bits per heavy atom. The molecule has 1 saturated heterocycles. The van der Waals surface area contributed by atoms with Gasteiger partial charge in [-0.25, -0.2) is 0 Å². The van der Waals surface area contributed by atoms with Gasteiger partial charge in [-0.1, -0.05) is 55.3 Å². The van der Waals surface area contributed by atoms with E-state index in [1.807, 2.05) is 71.4 Å². The van der Waals surface area contributed by atoms with Crippen molar-refractivity contribution in [1.29, 1.82) is 0 Å². The molecule has 1 aliphatic carbocycles. The predicted molar refractivity (Wildman–Crippen MR) is 113 cm³/mol. The highest BCUT2D eigenvalue weighted by Crippen LogP contribution is 2.39. The van der Waals surface area contributed by atoms with Gasteiger partial charge in [-0.15, -0.1) is 11.8 Å². The number of nitrogens with zero attached hydrogens (tertiary/aromatic N) is 2. The Labute approximate surface area is 170 Å². The van der Waals surface area contributed by atoms with Crippen LogP contribution in [0.5, 0.6) is 0 Å². The molecule has 4 nitrogen and oxygen atoms in total. The largest absolute Gasteiger partial charge is 0.339 e. The Kier molecular flexibility index (Phi) is 5.72. The molecule has 2 amide bonds. The molecule has 2 aliphatic rings. The minimum Gasteiger partial charge on any atom is -0.339 e. The number of benzene rings is 2. The highest BCUT2D eigenvalue weighted by Gasteiger charge is 2.33. The number of hydrogen-bond donors (Lipinski definition) is 0. The Hall–Kier alpha value is -2.27. The van der Waals surface area contributed by atoms with Gasteiger partial charge in [0.2, 0.25) is 5.91 Å². The maximum Gasteiger partial charge on any atom is 0.253 e. The fourth-order valence-corrected chi connectivity index (χ4v) is 5.32. The van der Waals surface area contributed by atoms with Gasteiger partial charge >= 0.3 is 0 Å². The van der Waals surface area contributed by atoms with Gasteiger partial charge in [0.1, 0.15) is 5.37 Å². The first-order valence-electron chi connectivity index (χ1n) is 9.95. The molecule has 1 unspecified atom stereocenters. The monoisotopic (exact) mass is 394 g/mol. The molecule has 2 fully saturated rings. The Balaban J connectivity index is 1.48. The molecule has 2 aromatic rings. The third-order valence-corrected chi connectivity index (χ3v) is 7.06. The lowest BCUT2D eigenvalue weighted by Gasteiger charge is -2.26. The summed E-state index contributed by atoms with van der Waals surface area (Å²) in [6.45, 7) is 0.614. The van der Waals surface area contributed by atoms with Gasteiger partial charge in [-0.3, -0.25) is 9.59 Å². The number of hydrogen-bond acceptors (Lipinski definition) is 3. The van der Waals surface area contributed by atoms with E-state index in [0.717, 1.165) is 29.5 Å². The molecule has 0 bridgehead atoms. The van der Waals surface area contributed by atoms with E-state index in [9.17, 15) is 9.59 Å². The molecule has 0 N–H and O–H groups in total. The molecule has 1 atom stereocenters. The summed E-state index contributed by atoms with van der Waals surface area (Å²) in [5, 5.41) is 0.00409. The first kappa shape index (κ1) is 19.1. The number of rotatable bonds is 5. The zero-order valence-electron chi connectivity index (χ0n) is 16.2. The van der Waals surface area contributed by atoms with Crippen molar-refractivity contribution in [2.45, 2.75) is 43.6 Å². The number of thioether (sulfide) groups is 1. The van der Waals surface area contributed by atoms with E-state index in [1.165, 1.54) is 12.8 Å². The van der Waals surface area contributed by atoms with Gasteiger partial charge in [0.05, 0.1) is 5.75 Å². The highest BCUT2D eigenvalue weighted by atomic mass is 32.2. The lowest BCUT2D eigenvalue weighted by atomic mass is 10.1. The van der Waals surface area contributed by atoms with E-state index in [-0.39, 0.29) is 17.2 Å². The maximum atomic E-state index is 12.8. The van der Waals surface area contributed by atoms with Crippen LogP contribution in [0.2, 0.25) is 0 Å². The van der Waals surface area contributed by atoms with Crippen LogP contribution >= 0.6 is 11.8 Å². The van der Waals surface area contributed by atoms with Gasteiger partial charge in [-0.2, -0.15) is 0 Å². The fourth-order valence-electron chi connectivity index (χ4n) is 4.13. The molecule has 1 saturated carbocycles. The number of carbonyl (C=O) groups is 2. The van der Waals surface area contributed by atoms with Gasteiger partial charge in [0.15, 0.2) is 0 Å². The van der Waals surface area contributed by atoms with Crippen molar-refractivity contribution in [2.24, 2.45) is 0 Å². The number of carbonyl (C=O) groups excluding carboxylic acids is 2. The van der Waals surface area contributed by atoms with E-state index in [2.05, 4.69) is 0 Å². The summed E-state index contributed by atoms with van der Waals surface area (Å²) in [6, 6.07) is 18.3. The third kappa shape index (κ3) is 3.95. The van der Waals surface area contributed by atoms with Gasteiger partial charge in [-0.05, 0) is 36.1 Å². The van der Waals surface area contributed by atoms with Crippen LogP contribution in [-0.2, 0) is 11.3 Å². The molecule has 4 rings (SSSR count). The van der Waals surface area contributed by atoms with E-state index < -0.39 is 0 Å². The van der Waals surface area contributed by atoms with E-state index >= 15 is 0 Å². The Morgan fingerprint density at radius 1 is 1.07 bits per heavy atom. The molecular formula is C23H26N2O2S. The summed E-state index contributed by atoms with van der Waals surface area (Å²) in [5.74, 6) is 0.762.